The summed E-state index contributed by atoms with van der Waals surface area (Å²) in [5.74, 6) is 0.626. The van der Waals surface area contributed by atoms with E-state index >= 15 is 0 Å². The highest BCUT2D eigenvalue weighted by Gasteiger charge is 2.16. The van der Waals surface area contributed by atoms with Crippen molar-refractivity contribution in [1.29, 1.82) is 0 Å². The lowest BCUT2D eigenvalue weighted by Gasteiger charge is -2.20. The van der Waals surface area contributed by atoms with Crippen LogP contribution in [0.3, 0.4) is 0 Å². The number of thiophene rings is 1. The number of carbonyl (C=O) groups excluding carboxylic acids is 1. The van der Waals surface area contributed by atoms with Crippen LogP contribution in [0.4, 0.5) is 0 Å². The smallest absolute Gasteiger partial charge is 0.254 e. The lowest BCUT2D eigenvalue weighted by Crippen LogP contribution is -2.30. The van der Waals surface area contributed by atoms with Crippen LogP contribution < -0.4 is 4.74 Å². The summed E-state index contributed by atoms with van der Waals surface area (Å²) in [4.78, 5) is 20.0. The molecule has 1 amide bonds. The molecule has 0 fully saturated rings. The van der Waals surface area contributed by atoms with Gasteiger partial charge in [-0.2, -0.15) is 0 Å². The van der Waals surface area contributed by atoms with Gasteiger partial charge in [-0.25, -0.2) is 4.98 Å². The topological polar surface area (TPSA) is 42.4 Å². The van der Waals surface area contributed by atoms with E-state index in [1.54, 1.807) is 33.9 Å². The van der Waals surface area contributed by atoms with Crippen molar-refractivity contribution >= 4 is 28.6 Å². The van der Waals surface area contributed by atoms with Gasteiger partial charge < -0.3 is 9.64 Å². The molecule has 0 aliphatic heterocycles. The summed E-state index contributed by atoms with van der Waals surface area (Å²) in [6, 6.07) is 11.3. The van der Waals surface area contributed by atoms with Crippen LogP contribution in [-0.2, 0) is 13.2 Å². The Bertz CT molecular complexity index is 814. The van der Waals surface area contributed by atoms with E-state index in [0.29, 0.717) is 31.0 Å². The van der Waals surface area contributed by atoms with Crippen molar-refractivity contribution in [2.24, 2.45) is 0 Å². The molecule has 0 N–H and O–H groups in total. The molecule has 0 unspecified atom stereocenters. The molecule has 128 valence electrons. The third-order valence-corrected chi connectivity index (χ3v) is 5.01. The van der Waals surface area contributed by atoms with Crippen molar-refractivity contribution in [3.63, 3.8) is 0 Å². The normalized spacial score (nSPS) is 10.4. The summed E-state index contributed by atoms with van der Waals surface area (Å²) in [6.07, 6.45) is 1.74. The fourth-order valence-electron chi connectivity index (χ4n) is 2.33. The summed E-state index contributed by atoms with van der Waals surface area (Å²) >= 11 is 3.17. The lowest BCUT2D eigenvalue weighted by molar-refractivity contribution is 0.0763. The summed E-state index contributed by atoms with van der Waals surface area (Å²) in [6.45, 7) is 5.23. The zero-order chi connectivity index (χ0) is 17.5. The fourth-order valence-corrected chi connectivity index (χ4v) is 3.60. The maximum Gasteiger partial charge on any atom is 0.254 e. The van der Waals surface area contributed by atoms with Crippen LogP contribution in [-0.4, -0.2) is 22.3 Å². The maximum absolute atomic E-state index is 12.9. The summed E-state index contributed by atoms with van der Waals surface area (Å²) < 4.78 is 5.74. The quantitative estimate of drug-likeness (QED) is 0.544. The Morgan fingerprint density at radius 3 is 2.96 bits per heavy atom. The van der Waals surface area contributed by atoms with Gasteiger partial charge in [0.2, 0.25) is 0 Å². The molecule has 2 aromatic heterocycles. The van der Waals surface area contributed by atoms with E-state index in [0.717, 1.165) is 10.6 Å². The molecule has 0 saturated heterocycles. The van der Waals surface area contributed by atoms with E-state index < -0.39 is 0 Å². The minimum atomic E-state index is -0.0348. The van der Waals surface area contributed by atoms with E-state index in [2.05, 4.69) is 11.6 Å². The monoisotopic (exact) mass is 370 g/mol. The van der Waals surface area contributed by atoms with Crippen LogP contribution in [0, 0.1) is 0 Å². The summed E-state index contributed by atoms with van der Waals surface area (Å²) in [5.41, 5.74) is 3.26. The summed E-state index contributed by atoms with van der Waals surface area (Å²) in [7, 11) is 0. The van der Waals surface area contributed by atoms with Crippen molar-refractivity contribution in [3.05, 3.63) is 81.5 Å². The average Bonchev–Trinajstić information content (AvgIpc) is 3.33. The molecular weight excluding hydrogens is 352 g/mol. The van der Waals surface area contributed by atoms with Gasteiger partial charge >= 0.3 is 0 Å². The number of benzene rings is 1. The number of thiazole rings is 1. The minimum Gasteiger partial charge on any atom is -0.487 e. The highest BCUT2D eigenvalue weighted by Crippen LogP contribution is 2.19. The van der Waals surface area contributed by atoms with Crippen LogP contribution in [0.15, 0.2) is 65.3 Å². The number of aromatic nitrogens is 1. The van der Waals surface area contributed by atoms with Gasteiger partial charge in [0, 0.05) is 22.4 Å². The first kappa shape index (κ1) is 17.4. The third-order valence-electron chi connectivity index (χ3n) is 3.51. The molecule has 0 atom stereocenters. The lowest BCUT2D eigenvalue weighted by atomic mass is 10.2. The van der Waals surface area contributed by atoms with Crippen molar-refractivity contribution in [2.75, 3.05) is 6.54 Å². The molecule has 3 rings (SSSR count). The molecule has 4 nitrogen and oxygen atoms in total. The number of ether oxygens (including phenoxy) is 1. The predicted molar refractivity (Wildman–Crippen MR) is 102 cm³/mol. The number of rotatable bonds is 8. The van der Waals surface area contributed by atoms with Crippen LogP contribution in [0.5, 0.6) is 5.75 Å². The number of amides is 1. The maximum atomic E-state index is 12.9. The molecule has 0 bridgehead atoms. The van der Waals surface area contributed by atoms with Crippen LogP contribution in [0.2, 0.25) is 0 Å². The molecular formula is C19H18N2O2S2. The Morgan fingerprint density at radius 2 is 2.24 bits per heavy atom. The molecule has 0 saturated carbocycles. The molecule has 6 heteroatoms. The SMILES string of the molecule is C=CCN(Cc1cccs1)C(=O)c1cccc(OCc2cscn2)c1. The van der Waals surface area contributed by atoms with Gasteiger partial charge in [0.1, 0.15) is 12.4 Å². The van der Waals surface area contributed by atoms with Gasteiger partial charge in [-0.15, -0.1) is 29.3 Å². The first-order chi connectivity index (χ1) is 12.3. The molecule has 0 spiro atoms. The molecule has 1 aromatic carbocycles. The second-order valence-corrected chi connectivity index (χ2v) is 7.10. The van der Waals surface area contributed by atoms with E-state index in [-0.39, 0.29) is 5.91 Å². The number of hydrogen-bond donors (Lipinski definition) is 0. The second-order valence-electron chi connectivity index (χ2n) is 5.35. The van der Waals surface area contributed by atoms with Crippen molar-refractivity contribution in [1.82, 2.24) is 9.88 Å². The highest BCUT2D eigenvalue weighted by molar-refractivity contribution is 7.09. The van der Waals surface area contributed by atoms with Crippen LogP contribution in [0.25, 0.3) is 0 Å². The van der Waals surface area contributed by atoms with Gasteiger partial charge in [-0.05, 0) is 29.6 Å². The van der Waals surface area contributed by atoms with Gasteiger partial charge in [-0.3, -0.25) is 4.79 Å². The Kier molecular flexibility index (Phi) is 5.98. The standard InChI is InChI=1S/C19H18N2O2S2/c1-2-8-21(11-18-7-4-9-25-18)19(22)15-5-3-6-17(10-15)23-12-16-13-24-14-20-16/h2-7,9-10,13-14H,1,8,11-12H2. The number of nitrogens with zero attached hydrogens (tertiary/aromatic N) is 2. The van der Waals surface area contributed by atoms with E-state index in [4.69, 9.17) is 4.74 Å². The molecule has 0 radical (unpaired) electrons. The largest absolute Gasteiger partial charge is 0.487 e. The first-order valence-electron chi connectivity index (χ1n) is 7.79. The van der Waals surface area contributed by atoms with Gasteiger partial charge in [-0.1, -0.05) is 18.2 Å². The first-order valence-corrected chi connectivity index (χ1v) is 9.61. The van der Waals surface area contributed by atoms with Crippen molar-refractivity contribution in [3.8, 4) is 5.75 Å². The van der Waals surface area contributed by atoms with Gasteiger partial charge in [0.05, 0.1) is 17.7 Å². The Morgan fingerprint density at radius 1 is 1.32 bits per heavy atom. The predicted octanol–water partition coefficient (Wildman–Crippen LogP) is 4.61. The van der Waals surface area contributed by atoms with Gasteiger partial charge in [0.15, 0.2) is 0 Å². The second kappa shape index (κ2) is 8.60. The van der Waals surface area contributed by atoms with Gasteiger partial charge in [0.25, 0.3) is 5.91 Å². The van der Waals surface area contributed by atoms with Crippen LogP contribution in [0.1, 0.15) is 20.9 Å². The van der Waals surface area contributed by atoms with Crippen molar-refractivity contribution in [2.45, 2.75) is 13.2 Å². The zero-order valence-electron chi connectivity index (χ0n) is 13.6. The molecule has 2 heterocycles. The Balaban J connectivity index is 1.70. The van der Waals surface area contributed by atoms with Crippen LogP contribution >= 0.6 is 22.7 Å². The van der Waals surface area contributed by atoms with Crippen molar-refractivity contribution < 1.29 is 9.53 Å². The zero-order valence-corrected chi connectivity index (χ0v) is 15.3. The fraction of sp³-hybridized carbons (Fsp3) is 0.158. The minimum absolute atomic E-state index is 0.0348. The Labute approximate surface area is 155 Å². The van der Waals surface area contributed by atoms with E-state index in [9.17, 15) is 4.79 Å². The van der Waals surface area contributed by atoms with E-state index in [1.807, 2.05) is 41.1 Å². The molecule has 0 aliphatic carbocycles. The molecule has 3 aromatic rings. The number of hydrogen-bond acceptors (Lipinski definition) is 5. The number of carbonyl (C=O) groups is 1. The molecule has 25 heavy (non-hydrogen) atoms. The van der Waals surface area contributed by atoms with E-state index in [1.165, 1.54) is 11.3 Å². The third kappa shape index (κ3) is 4.78. The summed E-state index contributed by atoms with van der Waals surface area (Å²) in [5, 5.41) is 3.96. The average molecular weight is 370 g/mol. The Hall–Kier alpha value is -2.44. The molecule has 0 aliphatic rings. The highest BCUT2D eigenvalue weighted by atomic mass is 32.1.